The molecule has 16 heavy (non-hydrogen) atoms. The molecule has 4 nitrogen and oxygen atoms in total. The van der Waals surface area contributed by atoms with E-state index in [9.17, 15) is 4.79 Å². The van der Waals surface area contributed by atoms with Crippen molar-refractivity contribution in [1.82, 2.24) is 14.7 Å². The van der Waals surface area contributed by atoms with Gasteiger partial charge in [0.25, 0.3) is 0 Å². The summed E-state index contributed by atoms with van der Waals surface area (Å²) in [6, 6.07) is 0. The van der Waals surface area contributed by atoms with Gasteiger partial charge in [-0.05, 0) is 7.05 Å². The molecule has 0 spiro atoms. The van der Waals surface area contributed by atoms with Crippen molar-refractivity contribution in [1.29, 1.82) is 0 Å². The molecule has 2 aliphatic heterocycles. The minimum atomic E-state index is 0.302. The number of carbonyl (C=O) groups excluding carboxylic acids is 1. The van der Waals surface area contributed by atoms with E-state index >= 15 is 0 Å². The van der Waals surface area contributed by atoms with Gasteiger partial charge in [0.15, 0.2) is 0 Å². The van der Waals surface area contributed by atoms with E-state index in [0.29, 0.717) is 17.2 Å². The zero-order valence-corrected chi connectivity index (χ0v) is 11.4. The van der Waals surface area contributed by atoms with Crippen LogP contribution >= 0.6 is 15.9 Å². The quantitative estimate of drug-likeness (QED) is 0.696. The number of piperazine rings is 1. The summed E-state index contributed by atoms with van der Waals surface area (Å²) in [5, 5.41) is 0. The van der Waals surface area contributed by atoms with Gasteiger partial charge in [0.2, 0.25) is 5.91 Å². The van der Waals surface area contributed by atoms with Crippen LogP contribution in [0.15, 0.2) is 0 Å². The summed E-state index contributed by atoms with van der Waals surface area (Å²) in [5.74, 6) is 0.302. The summed E-state index contributed by atoms with van der Waals surface area (Å²) in [5.41, 5.74) is 0. The van der Waals surface area contributed by atoms with Crippen LogP contribution in [0.5, 0.6) is 0 Å². The van der Waals surface area contributed by atoms with E-state index in [4.69, 9.17) is 0 Å². The van der Waals surface area contributed by atoms with E-state index in [1.807, 2.05) is 4.90 Å². The summed E-state index contributed by atoms with van der Waals surface area (Å²) >= 11 is 3.51. The van der Waals surface area contributed by atoms with Crippen LogP contribution in [0, 0.1) is 0 Å². The van der Waals surface area contributed by atoms with Crippen LogP contribution < -0.4 is 0 Å². The molecule has 2 rings (SSSR count). The van der Waals surface area contributed by atoms with E-state index in [1.165, 1.54) is 0 Å². The molecule has 92 valence electrons. The minimum Gasteiger partial charge on any atom is -0.340 e. The van der Waals surface area contributed by atoms with Gasteiger partial charge in [-0.3, -0.25) is 9.69 Å². The lowest BCUT2D eigenvalue weighted by Crippen LogP contribution is -2.47. The maximum absolute atomic E-state index is 11.6. The van der Waals surface area contributed by atoms with Crippen molar-refractivity contribution >= 4 is 21.8 Å². The van der Waals surface area contributed by atoms with E-state index in [2.05, 4.69) is 32.8 Å². The molecule has 0 N–H and O–H groups in total. The van der Waals surface area contributed by atoms with Crippen molar-refractivity contribution in [2.45, 2.75) is 11.2 Å². The fourth-order valence-electron chi connectivity index (χ4n) is 2.27. The normalized spacial score (nSPS) is 29.0. The van der Waals surface area contributed by atoms with E-state index in [-0.39, 0.29) is 0 Å². The number of carbonyl (C=O) groups is 1. The first-order valence-corrected chi connectivity index (χ1v) is 6.89. The first-order chi connectivity index (χ1) is 7.65. The first-order valence-electron chi connectivity index (χ1n) is 5.98. The lowest BCUT2D eigenvalue weighted by Gasteiger charge is -2.33. The van der Waals surface area contributed by atoms with Crippen LogP contribution in [-0.2, 0) is 4.79 Å². The highest BCUT2D eigenvalue weighted by molar-refractivity contribution is 9.09. The number of alkyl halides is 1. The Morgan fingerprint density at radius 3 is 2.50 bits per heavy atom. The Bertz CT molecular complexity index is 254. The second-order valence-corrected chi connectivity index (χ2v) is 6.08. The number of likely N-dealkylation sites (N-methyl/N-ethyl adjacent to an activating group) is 1. The number of nitrogens with zero attached hydrogens (tertiary/aromatic N) is 3. The lowest BCUT2D eigenvalue weighted by molar-refractivity contribution is -0.127. The van der Waals surface area contributed by atoms with Crippen molar-refractivity contribution in [3.8, 4) is 0 Å². The number of likely N-dealkylation sites (tertiary alicyclic amines) is 1. The number of hydrogen-bond donors (Lipinski definition) is 0. The van der Waals surface area contributed by atoms with Crippen LogP contribution in [-0.4, -0.2) is 78.3 Å². The van der Waals surface area contributed by atoms with Gasteiger partial charge < -0.3 is 9.80 Å². The topological polar surface area (TPSA) is 26.8 Å². The molecule has 0 bridgehead atoms. The van der Waals surface area contributed by atoms with Crippen LogP contribution in [0.2, 0.25) is 0 Å². The summed E-state index contributed by atoms with van der Waals surface area (Å²) in [6.07, 6.45) is 0.669. The summed E-state index contributed by atoms with van der Waals surface area (Å²) in [4.78, 5) is 18.7. The van der Waals surface area contributed by atoms with Crippen LogP contribution in [0.4, 0.5) is 0 Å². The SMILES string of the molecule is CN1CCN(CCN2CC(Br)CC2=O)CC1. The average molecular weight is 290 g/mol. The van der Waals surface area contributed by atoms with Gasteiger partial charge in [0, 0.05) is 57.1 Å². The van der Waals surface area contributed by atoms with Crippen LogP contribution in [0.3, 0.4) is 0 Å². The van der Waals surface area contributed by atoms with Gasteiger partial charge in [0.05, 0.1) is 0 Å². The predicted octanol–water partition coefficient (Wildman–Crippen LogP) is 0.230. The Kier molecular flexibility index (Phi) is 4.21. The monoisotopic (exact) mass is 289 g/mol. The highest BCUT2D eigenvalue weighted by Crippen LogP contribution is 2.17. The van der Waals surface area contributed by atoms with Crippen LogP contribution in [0.1, 0.15) is 6.42 Å². The zero-order valence-electron chi connectivity index (χ0n) is 9.86. The lowest BCUT2D eigenvalue weighted by atomic mass is 10.3. The van der Waals surface area contributed by atoms with Crippen molar-refractivity contribution in [2.24, 2.45) is 0 Å². The predicted molar refractivity (Wildman–Crippen MR) is 67.8 cm³/mol. The molecular formula is C11H20BrN3O. The highest BCUT2D eigenvalue weighted by Gasteiger charge is 2.27. The van der Waals surface area contributed by atoms with E-state index in [1.54, 1.807) is 0 Å². The second kappa shape index (κ2) is 5.47. The molecule has 5 heteroatoms. The van der Waals surface area contributed by atoms with Crippen molar-refractivity contribution in [2.75, 3.05) is 52.9 Å². The largest absolute Gasteiger partial charge is 0.340 e. The van der Waals surface area contributed by atoms with Gasteiger partial charge in [-0.1, -0.05) is 15.9 Å². The molecule has 2 saturated heterocycles. The Morgan fingerprint density at radius 1 is 1.25 bits per heavy atom. The van der Waals surface area contributed by atoms with Crippen molar-refractivity contribution in [3.63, 3.8) is 0 Å². The number of amides is 1. The van der Waals surface area contributed by atoms with Crippen LogP contribution in [0.25, 0.3) is 0 Å². The molecule has 2 heterocycles. The third-order valence-corrected chi connectivity index (χ3v) is 4.06. The maximum Gasteiger partial charge on any atom is 0.223 e. The molecule has 2 aliphatic rings. The van der Waals surface area contributed by atoms with E-state index < -0.39 is 0 Å². The van der Waals surface area contributed by atoms with Gasteiger partial charge in [0.1, 0.15) is 0 Å². The van der Waals surface area contributed by atoms with E-state index in [0.717, 1.165) is 45.8 Å². The smallest absolute Gasteiger partial charge is 0.223 e. The molecule has 0 aromatic carbocycles. The standard InChI is InChI=1S/C11H20BrN3O/c1-13-2-4-14(5-3-13)6-7-15-9-10(12)8-11(15)16/h10H,2-9H2,1H3. The molecule has 0 aromatic heterocycles. The third-order valence-electron chi connectivity index (χ3n) is 3.45. The summed E-state index contributed by atoms with van der Waals surface area (Å²) < 4.78 is 0. The zero-order chi connectivity index (χ0) is 11.5. The van der Waals surface area contributed by atoms with Gasteiger partial charge in [-0.2, -0.15) is 0 Å². The molecule has 2 fully saturated rings. The van der Waals surface area contributed by atoms with Crippen molar-refractivity contribution < 1.29 is 4.79 Å². The molecule has 0 aromatic rings. The van der Waals surface area contributed by atoms with Gasteiger partial charge in [-0.25, -0.2) is 0 Å². The number of halogens is 1. The molecular weight excluding hydrogens is 270 g/mol. The summed E-state index contributed by atoms with van der Waals surface area (Å²) in [7, 11) is 2.16. The summed E-state index contributed by atoms with van der Waals surface area (Å²) in [6.45, 7) is 7.37. The van der Waals surface area contributed by atoms with Gasteiger partial charge in [-0.15, -0.1) is 0 Å². The van der Waals surface area contributed by atoms with Crippen molar-refractivity contribution in [3.05, 3.63) is 0 Å². The Balaban J connectivity index is 1.69. The molecule has 1 atom stereocenters. The first kappa shape index (κ1) is 12.3. The molecule has 0 radical (unpaired) electrons. The molecule has 1 amide bonds. The second-order valence-electron chi connectivity index (χ2n) is 4.79. The maximum atomic E-state index is 11.6. The fourth-order valence-corrected chi connectivity index (χ4v) is 2.90. The number of rotatable bonds is 3. The average Bonchev–Trinajstić information content (AvgIpc) is 2.57. The minimum absolute atomic E-state index is 0.302. The third kappa shape index (κ3) is 3.18. The highest BCUT2D eigenvalue weighted by atomic mass is 79.9. The Morgan fingerprint density at radius 2 is 1.94 bits per heavy atom. The fraction of sp³-hybridized carbons (Fsp3) is 0.909. The Labute approximate surface area is 106 Å². The molecule has 1 unspecified atom stereocenters. The molecule has 0 saturated carbocycles. The Hall–Kier alpha value is -0.130. The molecule has 0 aliphatic carbocycles. The number of hydrogen-bond acceptors (Lipinski definition) is 3. The van der Waals surface area contributed by atoms with Gasteiger partial charge >= 0.3 is 0 Å².